The van der Waals surface area contributed by atoms with E-state index in [0.29, 0.717) is 5.88 Å². The van der Waals surface area contributed by atoms with Gasteiger partial charge in [-0.1, -0.05) is 49.4 Å². The van der Waals surface area contributed by atoms with Crippen molar-refractivity contribution in [2.24, 2.45) is 0 Å². The van der Waals surface area contributed by atoms with Gasteiger partial charge in [0, 0.05) is 36.5 Å². The summed E-state index contributed by atoms with van der Waals surface area (Å²) in [6.07, 6.45) is 3.87. The number of hydrogen-bond acceptors (Lipinski definition) is 4. The highest BCUT2D eigenvalue weighted by atomic mass is 16.5. The van der Waals surface area contributed by atoms with E-state index in [1.165, 1.54) is 16.7 Å². The maximum absolute atomic E-state index is 9.90. The number of hydrogen-bond donors (Lipinski definition) is 1. The van der Waals surface area contributed by atoms with Crippen LogP contribution in [0.15, 0.2) is 60.8 Å². The number of nitrogens with zero attached hydrogens (tertiary/aromatic N) is 2. The van der Waals surface area contributed by atoms with Crippen molar-refractivity contribution in [1.82, 2.24) is 4.98 Å². The summed E-state index contributed by atoms with van der Waals surface area (Å²) in [5, 5.41) is 9.90. The van der Waals surface area contributed by atoms with Crippen LogP contribution in [-0.4, -0.2) is 29.3 Å². The highest BCUT2D eigenvalue weighted by molar-refractivity contribution is 5.73. The van der Waals surface area contributed by atoms with Gasteiger partial charge in [-0.2, -0.15) is 0 Å². The molecule has 0 bridgehead atoms. The molecule has 1 aliphatic rings. The van der Waals surface area contributed by atoms with E-state index >= 15 is 0 Å². The van der Waals surface area contributed by atoms with Gasteiger partial charge in [-0.25, -0.2) is 4.98 Å². The number of ether oxygens (including phenoxy) is 1. The van der Waals surface area contributed by atoms with Crippen LogP contribution in [0.25, 0.3) is 11.1 Å². The number of anilines is 1. The Morgan fingerprint density at radius 2 is 1.97 bits per heavy atom. The molecule has 0 amide bonds. The van der Waals surface area contributed by atoms with Gasteiger partial charge >= 0.3 is 0 Å². The average Bonchev–Trinajstić information content (AvgIpc) is 3.23. The quantitative estimate of drug-likeness (QED) is 0.661. The van der Waals surface area contributed by atoms with E-state index in [1.54, 1.807) is 0 Å². The van der Waals surface area contributed by atoms with Crippen molar-refractivity contribution in [3.8, 4) is 17.0 Å². The van der Waals surface area contributed by atoms with E-state index in [0.717, 1.165) is 42.7 Å². The van der Waals surface area contributed by atoms with Gasteiger partial charge in [0.15, 0.2) is 0 Å². The van der Waals surface area contributed by atoms with Gasteiger partial charge in [-0.3, -0.25) is 0 Å². The topological polar surface area (TPSA) is 45.6 Å². The van der Waals surface area contributed by atoms with Crippen LogP contribution < -0.4 is 9.64 Å². The summed E-state index contributed by atoms with van der Waals surface area (Å²) in [5.74, 6) is 0.676. The molecule has 4 nitrogen and oxygen atoms in total. The first-order chi connectivity index (χ1) is 14.2. The number of aliphatic hydroxyl groups is 1. The third-order valence-electron chi connectivity index (χ3n) is 5.62. The van der Waals surface area contributed by atoms with Crippen molar-refractivity contribution in [1.29, 1.82) is 0 Å². The maximum atomic E-state index is 9.90. The molecule has 0 aliphatic carbocycles. The molecule has 1 fully saturated rings. The smallest absolute Gasteiger partial charge is 0.213 e. The monoisotopic (exact) mass is 388 g/mol. The molecule has 0 unspecified atom stereocenters. The summed E-state index contributed by atoms with van der Waals surface area (Å²) in [7, 11) is 0. The molecule has 0 radical (unpaired) electrons. The number of aryl methyl sites for hydroxylation is 2. The Balaban J connectivity index is 1.57. The van der Waals surface area contributed by atoms with Crippen molar-refractivity contribution < 1.29 is 9.84 Å². The standard InChI is InChI=1S/C25H28N2O2/c1-3-19-6-4-5-7-23(19)20-9-10-21(17-28)24(14-20)27-13-12-22(16-27)29-25-11-8-18(2)15-26-25/h4-11,14-15,22,28H,3,12-13,16-17H2,1-2H3/t22-/m0/s1. The molecule has 0 spiro atoms. The van der Waals surface area contributed by atoms with E-state index in [-0.39, 0.29) is 12.7 Å². The Kier molecular flexibility index (Phi) is 5.81. The molecule has 1 saturated heterocycles. The summed E-state index contributed by atoms with van der Waals surface area (Å²) in [6.45, 7) is 5.94. The molecule has 2 aromatic carbocycles. The summed E-state index contributed by atoms with van der Waals surface area (Å²) in [4.78, 5) is 6.69. The molecular weight excluding hydrogens is 360 g/mol. The number of benzene rings is 2. The Labute approximate surface area is 172 Å². The summed E-state index contributed by atoms with van der Waals surface area (Å²) < 4.78 is 6.09. The van der Waals surface area contributed by atoms with Crippen molar-refractivity contribution >= 4 is 5.69 Å². The molecule has 1 N–H and O–H groups in total. The molecule has 2 heterocycles. The van der Waals surface area contributed by atoms with Crippen molar-refractivity contribution in [3.05, 3.63) is 77.5 Å². The van der Waals surface area contributed by atoms with Crippen molar-refractivity contribution in [2.75, 3.05) is 18.0 Å². The van der Waals surface area contributed by atoms with Crippen LogP contribution in [-0.2, 0) is 13.0 Å². The van der Waals surface area contributed by atoms with Gasteiger partial charge in [-0.05, 0) is 41.7 Å². The molecule has 0 saturated carbocycles. The first kappa shape index (κ1) is 19.5. The first-order valence-corrected chi connectivity index (χ1v) is 10.3. The molecule has 4 heteroatoms. The van der Waals surface area contributed by atoms with Crippen LogP contribution in [0, 0.1) is 6.92 Å². The second-order valence-electron chi connectivity index (χ2n) is 7.66. The Morgan fingerprint density at radius 3 is 2.72 bits per heavy atom. The predicted molar refractivity (Wildman–Crippen MR) is 117 cm³/mol. The van der Waals surface area contributed by atoms with Gasteiger partial charge in [0.1, 0.15) is 6.10 Å². The first-order valence-electron chi connectivity index (χ1n) is 10.3. The highest BCUT2D eigenvalue weighted by Crippen LogP contribution is 2.33. The molecule has 150 valence electrons. The van der Waals surface area contributed by atoms with Crippen LogP contribution in [0.4, 0.5) is 5.69 Å². The molecule has 4 rings (SSSR count). The third-order valence-corrected chi connectivity index (χ3v) is 5.62. The van der Waals surface area contributed by atoms with Gasteiger partial charge in [-0.15, -0.1) is 0 Å². The summed E-state index contributed by atoms with van der Waals surface area (Å²) >= 11 is 0. The largest absolute Gasteiger partial charge is 0.472 e. The lowest BCUT2D eigenvalue weighted by atomic mass is 9.96. The zero-order valence-corrected chi connectivity index (χ0v) is 17.1. The third kappa shape index (κ3) is 4.28. The lowest BCUT2D eigenvalue weighted by molar-refractivity contribution is 0.215. The molecule has 1 aromatic heterocycles. The maximum Gasteiger partial charge on any atom is 0.213 e. The number of aliphatic hydroxyl groups excluding tert-OH is 1. The second kappa shape index (κ2) is 8.66. The molecule has 1 atom stereocenters. The van der Waals surface area contributed by atoms with Crippen LogP contribution in [0.2, 0.25) is 0 Å². The number of rotatable bonds is 6. The fourth-order valence-electron chi connectivity index (χ4n) is 4.01. The van der Waals surface area contributed by atoms with E-state index in [4.69, 9.17) is 4.74 Å². The van der Waals surface area contributed by atoms with Gasteiger partial charge in [0.05, 0.1) is 13.2 Å². The highest BCUT2D eigenvalue weighted by Gasteiger charge is 2.26. The number of aromatic nitrogens is 1. The fourth-order valence-corrected chi connectivity index (χ4v) is 4.01. The van der Waals surface area contributed by atoms with E-state index in [1.807, 2.05) is 31.3 Å². The normalized spacial score (nSPS) is 16.2. The molecule has 1 aliphatic heterocycles. The van der Waals surface area contributed by atoms with Gasteiger partial charge < -0.3 is 14.7 Å². The van der Waals surface area contributed by atoms with E-state index in [9.17, 15) is 5.11 Å². The van der Waals surface area contributed by atoms with Crippen LogP contribution in [0.1, 0.15) is 30.0 Å². The second-order valence-corrected chi connectivity index (χ2v) is 7.66. The lowest BCUT2D eigenvalue weighted by Gasteiger charge is -2.23. The minimum atomic E-state index is 0.0343. The van der Waals surface area contributed by atoms with Crippen LogP contribution in [0.5, 0.6) is 5.88 Å². The van der Waals surface area contributed by atoms with Crippen molar-refractivity contribution in [2.45, 2.75) is 39.4 Å². The minimum absolute atomic E-state index is 0.0343. The SMILES string of the molecule is CCc1ccccc1-c1ccc(CO)c(N2CC[C@H](Oc3ccc(C)cn3)C2)c1. The van der Waals surface area contributed by atoms with Gasteiger partial charge in [0.2, 0.25) is 5.88 Å². The van der Waals surface area contributed by atoms with Crippen molar-refractivity contribution in [3.63, 3.8) is 0 Å². The van der Waals surface area contributed by atoms with E-state index < -0.39 is 0 Å². The zero-order chi connectivity index (χ0) is 20.2. The molecule has 3 aromatic rings. The number of pyridine rings is 1. The summed E-state index contributed by atoms with van der Waals surface area (Å²) in [6, 6.07) is 18.9. The Morgan fingerprint density at radius 1 is 1.10 bits per heavy atom. The van der Waals surface area contributed by atoms with Crippen LogP contribution >= 0.6 is 0 Å². The van der Waals surface area contributed by atoms with Crippen LogP contribution in [0.3, 0.4) is 0 Å². The molecular formula is C25H28N2O2. The summed E-state index contributed by atoms with van der Waals surface area (Å²) in [5.41, 5.74) is 6.97. The predicted octanol–water partition coefficient (Wildman–Crippen LogP) is 4.77. The minimum Gasteiger partial charge on any atom is -0.472 e. The van der Waals surface area contributed by atoms with Gasteiger partial charge in [0.25, 0.3) is 0 Å². The fraction of sp³-hybridized carbons (Fsp3) is 0.320. The Bertz CT molecular complexity index is 969. The molecule has 29 heavy (non-hydrogen) atoms. The lowest BCUT2D eigenvalue weighted by Crippen LogP contribution is -2.25. The van der Waals surface area contributed by atoms with E-state index in [2.05, 4.69) is 53.2 Å². The zero-order valence-electron chi connectivity index (χ0n) is 17.1. The average molecular weight is 389 g/mol. The Hall–Kier alpha value is -2.85.